The van der Waals surface area contributed by atoms with E-state index in [0.717, 1.165) is 17.6 Å². The number of rotatable bonds is 5. The molecule has 0 saturated carbocycles. The van der Waals surface area contributed by atoms with Crippen molar-refractivity contribution in [2.45, 2.75) is 50.2 Å². The zero-order chi connectivity index (χ0) is 27.8. The number of hydrogen-bond acceptors (Lipinski definition) is 8. The fourth-order valence-electron chi connectivity index (χ4n) is 4.60. The number of imidazole rings is 1. The van der Waals surface area contributed by atoms with Gasteiger partial charge < -0.3 is 18.9 Å². The van der Waals surface area contributed by atoms with E-state index in [1.54, 1.807) is 17.0 Å². The van der Waals surface area contributed by atoms with Crippen LogP contribution in [0.3, 0.4) is 0 Å². The van der Waals surface area contributed by atoms with E-state index in [-0.39, 0.29) is 22.9 Å². The van der Waals surface area contributed by atoms with Crippen LogP contribution in [0.5, 0.6) is 11.6 Å². The number of aromatic nitrogens is 4. The van der Waals surface area contributed by atoms with E-state index >= 15 is 0 Å². The molecule has 1 aliphatic rings. The highest BCUT2D eigenvalue weighted by Crippen LogP contribution is 2.36. The summed E-state index contributed by atoms with van der Waals surface area (Å²) in [5, 5.41) is 0. The second-order valence-electron chi connectivity index (χ2n) is 10.6. The van der Waals surface area contributed by atoms with Crippen LogP contribution in [0.1, 0.15) is 39.7 Å². The van der Waals surface area contributed by atoms with Gasteiger partial charge in [0.2, 0.25) is 0 Å². The molecule has 1 saturated heterocycles. The molecule has 1 amide bonds. The van der Waals surface area contributed by atoms with Crippen LogP contribution in [0.2, 0.25) is 0 Å². The van der Waals surface area contributed by atoms with E-state index in [1.807, 2.05) is 51.1 Å². The molecule has 1 fully saturated rings. The second kappa shape index (κ2) is 10.3. The summed E-state index contributed by atoms with van der Waals surface area (Å²) in [5.74, 6) is 1.44. The Balaban J connectivity index is 1.49. The highest BCUT2D eigenvalue weighted by molar-refractivity contribution is 7.90. The molecule has 0 radical (unpaired) electrons. The number of carbonyl (C=O) groups excluding carboxylic acids is 1. The molecular weight excluding hydrogens is 518 g/mol. The van der Waals surface area contributed by atoms with Crippen LogP contribution in [-0.2, 0) is 14.6 Å². The van der Waals surface area contributed by atoms with E-state index in [0.29, 0.717) is 42.8 Å². The van der Waals surface area contributed by atoms with Gasteiger partial charge in [0, 0.05) is 31.0 Å². The minimum Gasteiger partial charge on any atom is -0.444 e. The maximum Gasteiger partial charge on any atom is 0.410 e. The lowest BCUT2D eigenvalue weighted by atomic mass is 10.0. The van der Waals surface area contributed by atoms with Gasteiger partial charge in [-0.3, -0.25) is 0 Å². The van der Waals surface area contributed by atoms with E-state index in [1.165, 1.54) is 18.5 Å². The lowest BCUT2D eigenvalue weighted by Gasteiger charge is -2.34. The van der Waals surface area contributed by atoms with Crippen LogP contribution < -0.4 is 4.74 Å². The van der Waals surface area contributed by atoms with E-state index in [2.05, 4.69) is 14.5 Å². The molecule has 0 N–H and O–H groups in total. The Morgan fingerprint density at radius 3 is 2.26 bits per heavy atom. The van der Waals surface area contributed by atoms with Gasteiger partial charge in [-0.05, 0) is 57.9 Å². The maximum absolute atomic E-state index is 12.6. The van der Waals surface area contributed by atoms with Gasteiger partial charge in [0.15, 0.2) is 21.0 Å². The largest absolute Gasteiger partial charge is 0.444 e. The first kappa shape index (κ1) is 26.6. The van der Waals surface area contributed by atoms with Crippen LogP contribution in [0.15, 0.2) is 65.8 Å². The van der Waals surface area contributed by atoms with Crippen molar-refractivity contribution < 1.29 is 22.7 Å². The number of fused-ring (bicyclic) bond motifs is 1. The molecule has 0 bridgehead atoms. The van der Waals surface area contributed by atoms with Gasteiger partial charge in [0.25, 0.3) is 5.88 Å². The van der Waals surface area contributed by atoms with Gasteiger partial charge in [-0.15, -0.1) is 0 Å². The van der Waals surface area contributed by atoms with Gasteiger partial charge >= 0.3 is 6.09 Å². The summed E-state index contributed by atoms with van der Waals surface area (Å²) in [5.41, 5.74) is 1.50. The van der Waals surface area contributed by atoms with Crippen molar-refractivity contribution in [1.29, 1.82) is 0 Å². The molecule has 0 spiro atoms. The number of carbonyl (C=O) groups is 1. The molecule has 2 aromatic heterocycles. The standard InChI is InChI=1S/C28H31N5O5S/c1-28(2,3)38-27(34)32-16-14-20(15-17-32)33-24(19-8-6-5-7-9-19)31-23-25(33)29-18-30-26(23)37-21-10-12-22(13-11-21)39(4,35)36/h5-13,18,20H,14-17H2,1-4H3. The van der Waals surface area contributed by atoms with Crippen molar-refractivity contribution >= 4 is 27.1 Å². The SMILES string of the molecule is CC(C)(C)OC(=O)N1CCC(n2c(-c3ccccc3)nc3c(Oc4ccc(S(C)(=O)=O)cc4)ncnc32)CC1. The molecule has 11 heteroatoms. The van der Waals surface area contributed by atoms with Crippen molar-refractivity contribution in [3.05, 3.63) is 60.9 Å². The zero-order valence-corrected chi connectivity index (χ0v) is 23.2. The first-order valence-corrected chi connectivity index (χ1v) is 14.6. The summed E-state index contributed by atoms with van der Waals surface area (Å²) in [7, 11) is -3.32. The predicted octanol–water partition coefficient (Wildman–Crippen LogP) is 5.26. The molecule has 39 heavy (non-hydrogen) atoms. The number of likely N-dealkylation sites (tertiary alicyclic amines) is 1. The summed E-state index contributed by atoms with van der Waals surface area (Å²) in [6, 6.07) is 16.1. The number of piperidine rings is 1. The number of sulfone groups is 1. The summed E-state index contributed by atoms with van der Waals surface area (Å²) in [6.45, 7) is 6.69. The number of amides is 1. The van der Waals surface area contributed by atoms with Crippen molar-refractivity contribution in [3.63, 3.8) is 0 Å². The van der Waals surface area contributed by atoms with Crippen molar-refractivity contribution in [2.24, 2.45) is 0 Å². The zero-order valence-electron chi connectivity index (χ0n) is 22.4. The molecule has 5 rings (SSSR count). The first-order chi connectivity index (χ1) is 18.5. The fourth-order valence-corrected chi connectivity index (χ4v) is 5.23. The first-order valence-electron chi connectivity index (χ1n) is 12.7. The minimum atomic E-state index is -3.32. The maximum atomic E-state index is 12.6. The Morgan fingerprint density at radius 1 is 0.974 bits per heavy atom. The minimum absolute atomic E-state index is 0.0423. The molecule has 0 aliphatic carbocycles. The van der Waals surface area contributed by atoms with Crippen LogP contribution in [0, 0.1) is 0 Å². The summed E-state index contributed by atoms with van der Waals surface area (Å²) >= 11 is 0. The smallest absolute Gasteiger partial charge is 0.410 e. The van der Waals surface area contributed by atoms with Crippen molar-refractivity contribution in [3.8, 4) is 23.0 Å². The number of nitrogens with zero attached hydrogens (tertiary/aromatic N) is 5. The van der Waals surface area contributed by atoms with Gasteiger partial charge in [0.05, 0.1) is 4.90 Å². The van der Waals surface area contributed by atoms with Crippen LogP contribution >= 0.6 is 0 Å². The molecule has 0 unspecified atom stereocenters. The average Bonchev–Trinajstić information content (AvgIpc) is 3.29. The highest BCUT2D eigenvalue weighted by Gasteiger charge is 2.31. The monoisotopic (exact) mass is 549 g/mol. The lowest BCUT2D eigenvalue weighted by Crippen LogP contribution is -2.42. The van der Waals surface area contributed by atoms with E-state index < -0.39 is 15.4 Å². The lowest BCUT2D eigenvalue weighted by molar-refractivity contribution is 0.0190. The summed E-state index contributed by atoms with van der Waals surface area (Å²) in [6.07, 6.45) is 3.70. The molecule has 2 aromatic carbocycles. The van der Waals surface area contributed by atoms with E-state index in [4.69, 9.17) is 14.5 Å². The normalized spacial score (nSPS) is 14.9. The fraction of sp³-hybridized carbons (Fsp3) is 0.357. The van der Waals surface area contributed by atoms with Crippen LogP contribution in [0.4, 0.5) is 4.79 Å². The quantitative estimate of drug-likeness (QED) is 0.331. The van der Waals surface area contributed by atoms with Crippen molar-refractivity contribution in [2.75, 3.05) is 19.3 Å². The molecule has 0 atom stereocenters. The van der Waals surface area contributed by atoms with E-state index in [9.17, 15) is 13.2 Å². The summed E-state index contributed by atoms with van der Waals surface area (Å²) in [4.78, 5) is 28.4. The third-order valence-corrected chi connectivity index (χ3v) is 7.55. The Hall–Kier alpha value is -3.99. The molecular formula is C28H31N5O5S. The third kappa shape index (κ3) is 5.88. The summed E-state index contributed by atoms with van der Waals surface area (Å²) < 4.78 is 37.4. The Labute approximate surface area is 227 Å². The number of benzene rings is 2. The Morgan fingerprint density at radius 2 is 1.64 bits per heavy atom. The topological polar surface area (TPSA) is 117 Å². The van der Waals surface area contributed by atoms with Crippen LogP contribution in [0.25, 0.3) is 22.6 Å². The Bertz CT molecular complexity index is 1590. The number of hydrogen-bond donors (Lipinski definition) is 0. The number of ether oxygens (including phenoxy) is 2. The third-order valence-electron chi connectivity index (χ3n) is 6.42. The highest BCUT2D eigenvalue weighted by atomic mass is 32.2. The molecule has 4 aromatic rings. The van der Waals surface area contributed by atoms with Crippen molar-refractivity contribution in [1.82, 2.24) is 24.4 Å². The van der Waals surface area contributed by atoms with Gasteiger partial charge in [-0.25, -0.2) is 23.2 Å². The van der Waals surface area contributed by atoms with Gasteiger partial charge in [-0.2, -0.15) is 4.98 Å². The molecule has 3 heterocycles. The van der Waals surface area contributed by atoms with Gasteiger partial charge in [-0.1, -0.05) is 30.3 Å². The predicted molar refractivity (Wildman–Crippen MR) is 146 cm³/mol. The molecule has 204 valence electrons. The van der Waals surface area contributed by atoms with Gasteiger partial charge in [0.1, 0.15) is 23.5 Å². The average molecular weight is 550 g/mol. The molecule has 10 nitrogen and oxygen atoms in total. The molecule has 1 aliphatic heterocycles. The van der Waals surface area contributed by atoms with Crippen LogP contribution in [-0.4, -0.2) is 63.9 Å². The Kier molecular flexibility index (Phi) is 7.02. The second-order valence-corrected chi connectivity index (χ2v) is 12.6.